The smallest absolute Gasteiger partial charge is 0.247 e. The fraction of sp³-hybridized carbons (Fsp3) is 0.192. The summed E-state index contributed by atoms with van der Waals surface area (Å²) >= 11 is 0. The molecular weight excluding hydrogens is 473 g/mol. The van der Waals surface area contributed by atoms with Crippen LogP contribution in [0.4, 0.5) is 27.7 Å². The summed E-state index contributed by atoms with van der Waals surface area (Å²) in [6, 6.07) is 17.3. The van der Waals surface area contributed by atoms with E-state index in [-0.39, 0.29) is 11.9 Å². The predicted molar refractivity (Wildman–Crippen MR) is 137 cm³/mol. The van der Waals surface area contributed by atoms with Crippen LogP contribution < -0.4 is 16.0 Å². The number of rotatable bonds is 9. The minimum Gasteiger partial charge on any atom is -0.341 e. The molecule has 4 N–H and O–H groups in total. The number of benzene rings is 1. The van der Waals surface area contributed by atoms with Gasteiger partial charge in [-0.15, -0.1) is 5.10 Å². The van der Waals surface area contributed by atoms with Crippen molar-refractivity contribution in [2.24, 2.45) is 0 Å². The molecule has 1 aromatic carbocycles. The fourth-order valence-corrected chi connectivity index (χ4v) is 4.11. The van der Waals surface area contributed by atoms with E-state index in [1.165, 1.54) is 31.2 Å². The van der Waals surface area contributed by atoms with Gasteiger partial charge in [-0.05, 0) is 42.7 Å². The molecule has 1 aliphatic carbocycles. The molecule has 0 saturated heterocycles. The molecule has 4 heterocycles. The van der Waals surface area contributed by atoms with Crippen LogP contribution in [0.3, 0.4) is 0 Å². The van der Waals surface area contributed by atoms with Crippen LogP contribution in [0.15, 0.2) is 73.1 Å². The Morgan fingerprint density at radius 2 is 2.00 bits per heavy atom. The minimum atomic E-state index is -0.722. The molecule has 0 spiro atoms. The predicted octanol–water partition coefficient (Wildman–Crippen LogP) is 4.27. The number of fused-ring (bicyclic) bond motifs is 1. The Bertz CT molecular complexity index is 1530. The largest absolute Gasteiger partial charge is 0.341 e. The van der Waals surface area contributed by atoms with Crippen molar-refractivity contribution in [1.29, 1.82) is 0 Å². The zero-order valence-corrected chi connectivity index (χ0v) is 19.7. The minimum absolute atomic E-state index is 0.262. The Hall–Kier alpha value is -4.80. The van der Waals surface area contributed by atoms with Crippen LogP contribution in [0.5, 0.6) is 0 Å². The van der Waals surface area contributed by atoms with Crippen LogP contribution in [0.2, 0.25) is 0 Å². The zero-order valence-electron chi connectivity index (χ0n) is 19.7. The second-order valence-corrected chi connectivity index (χ2v) is 8.98. The summed E-state index contributed by atoms with van der Waals surface area (Å²) in [5, 5.41) is 21.3. The number of pyridine rings is 1. The Labute approximate surface area is 211 Å². The van der Waals surface area contributed by atoms with Crippen molar-refractivity contribution in [3.63, 3.8) is 0 Å². The van der Waals surface area contributed by atoms with Gasteiger partial charge < -0.3 is 16.0 Å². The van der Waals surface area contributed by atoms with Gasteiger partial charge in [0, 0.05) is 30.3 Å². The van der Waals surface area contributed by atoms with Crippen molar-refractivity contribution in [3.8, 4) is 0 Å². The average molecular weight is 498 g/mol. The van der Waals surface area contributed by atoms with Crippen LogP contribution in [0.25, 0.3) is 5.52 Å². The fourth-order valence-electron chi connectivity index (χ4n) is 4.11. The third-order valence-electron chi connectivity index (χ3n) is 6.15. The molecule has 1 atom stereocenters. The van der Waals surface area contributed by atoms with E-state index in [0.29, 0.717) is 29.7 Å². The van der Waals surface area contributed by atoms with Gasteiger partial charge in [-0.2, -0.15) is 14.5 Å². The van der Waals surface area contributed by atoms with E-state index in [0.717, 1.165) is 16.8 Å². The summed E-state index contributed by atoms with van der Waals surface area (Å²) in [6.45, 7) is 0. The number of hydrogen-bond donors (Lipinski definition) is 4. The highest BCUT2D eigenvalue weighted by atomic mass is 19.1. The number of carbonyl (C=O) groups excluding carboxylic acids is 1. The lowest BCUT2D eigenvalue weighted by Crippen LogP contribution is -2.37. The van der Waals surface area contributed by atoms with Gasteiger partial charge >= 0.3 is 0 Å². The van der Waals surface area contributed by atoms with E-state index in [1.807, 2.05) is 54.7 Å². The van der Waals surface area contributed by atoms with Gasteiger partial charge in [-0.25, -0.2) is 9.50 Å². The van der Waals surface area contributed by atoms with Crippen LogP contribution in [-0.2, 0) is 11.2 Å². The molecule has 0 unspecified atom stereocenters. The van der Waals surface area contributed by atoms with Crippen molar-refractivity contribution >= 4 is 34.7 Å². The molecule has 186 valence electrons. The first-order chi connectivity index (χ1) is 18.1. The lowest BCUT2D eigenvalue weighted by atomic mass is 10.1. The van der Waals surface area contributed by atoms with Crippen LogP contribution >= 0.6 is 0 Å². The molecule has 0 aliphatic heterocycles. The van der Waals surface area contributed by atoms with Gasteiger partial charge in [0.1, 0.15) is 11.6 Å². The van der Waals surface area contributed by atoms with Gasteiger partial charge in [-0.3, -0.25) is 9.89 Å². The molecule has 1 fully saturated rings. The zero-order chi connectivity index (χ0) is 25.2. The maximum Gasteiger partial charge on any atom is 0.247 e. The molecule has 10 nitrogen and oxygen atoms in total. The molecule has 6 rings (SSSR count). The first kappa shape index (κ1) is 22.7. The number of anilines is 4. The maximum atomic E-state index is 13.3. The quantitative estimate of drug-likeness (QED) is 0.224. The van der Waals surface area contributed by atoms with E-state index in [1.54, 1.807) is 4.52 Å². The number of nitrogens with one attached hydrogen (secondary N) is 4. The summed E-state index contributed by atoms with van der Waals surface area (Å²) < 4.78 is 14.9. The molecule has 1 saturated carbocycles. The third kappa shape index (κ3) is 5.25. The first-order valence-electron chi connectivity index (χ1n) is 12.0. The van der Waals surface area contributed by atoms with E-state index in [2.05, 4.69) is 41.2 Å². The number of aromatic amines is 1. The Morgan fingerprint density at radius 3 is 2.78 bits per heavy atom. The van der Waals surface area contributed by atoms with Gasteiger partial charge in [0.2, 0.25) is 17.8 Å². The molecule has 4 aromatic heterocycles. The topological polar surface area (TPSA) is 125 Å². The number of H-pyrrole nitrogens is 1. The maximum absolute atomic E-state index is 13.3. The number of halogens is 1. The van der Waals surface area contributed by atoms with Crippen molar-refractivity contribution in [3.05, 3.63) is 90.3 Å². The second-order valence-electron chi connectivity index (χ2n) is 8.98. The standard InChI is InChI=1S/C26H24FN9O/c27-22-11-10-18(15-28-22)29-25(37)20(13-16-5-2-1-3-6-16)30-26-32-24(21-7-4-12-36(21)35-26)31-23-14-19(33-34-23)17-8-9-17/h1-7,10-12,14-15,17,20H,8-9,13H2,(H,29,37)(H3,30,31,32,33,34,35)/t20-/m0/s1. The number of carbonyl (C=O) groups is 1. The third-order valence-corrected chi connectivity index (χ3v) is 6.15. The highest BCUT2D eigenvalue weighted by Crippen LogP contribution is 2.39. The lowest BCUT2D eigenvalue weighted by molar-refractivity contribution is -0.116. The van der Waals surface area contributed by atoms with Gasteiger partial charge in [0.05, 0.1) is 11.9 Å². The van der Waals surface area contributed by atoms with Crippen molar-refractivity contribution in [2.75, 3.05) is 16.0 Å². The van der Waals surface area contributed by atoms with Gasteiger partial charge in [0.25, 0.3) is 0 Å². The van der Waals surface area contributed by atoms with E-state index in [4.69, 9.17) is 0 Å². The molecule has 5 aromatic rings. The molecule has 1 aliphatic rings. The monoisotopic (exact) mass is 497 g/mol. The van der Waals surface area contributed by atoms with Crippen molar-refractivity contribution in [2.45, 2.75) is 31.2 Å². The van der Waals surface area contributed by atoms with Crippen LogP contribution in [0.1, 0.15) is 30.0 Å². The van der Waals surface area contributed by atoms with E-state index < -0.39 is 12.0 Å². The second kappa shape index (κ2) is 9.69. The summed E-state index contributed by atoms with van der Waals surface area (Å²) in [4.78, 5) is 21.6. The molecular formula is C26H24FN9O. The number of hydrogen-bond acceptors (Lipinski definition) is 7. The van der Waals surface area contributed by atoms with Crippen LogP contribution in [-0.4, -0.2) is 41.7 Å². The average Bonchev–Trinajstić information content (AvgIpc) is 3.46. The van der Waals surface area contributed by atoms with Crippen molar-refractivity contribution < 1.29 is 9.18 Å². The SMILES string of the molecule is O=C(Nc1ccc(F)nc1)[C@H](Cc1ccccc1)Nc1nc(Nc2cc(C3CC3)[nH]n2)c2cccn2n1. The number of nitrogens with zero attached hydrogens (tertiary/aromatic N) is 5. The highest BCUT2D eigenvalue weighted by Gasteiger charge is 2.26. The van der Waals surface area contributed by atoms with Crippen molar-refractivity contribution in [1.82, 2.24) is 29.8 Å². The Balaban J connectivity index is 1.28. The molecule has 0 bridgehead atoms. The highest BCUT2D eigenvalue weighted by molar-refractivity contribution is 5.96. The van der Waals surface area contributed by atoms with Crippen LogP contribution in [0, 0.1) is 5.95 Å². The normalized spacial score (nSPS) is 13.9. The number of amides is 1. The van der Waals surface area contributed by atoms with Gasteiger partial charge in [-0.1, -0.05) is 30.3 Å². The van der Waals surface area contributed by atoms with E-state index >= 15 is 0 Å². The summed E-state index contributed by atoms with van der Waals surface area (Å²) in [7, 11) is 0. The van der Waals surface area contributed by atoms with Gasteiger partial charge in [0.15, 0.2) is 11.6 Å². The lowest BCUT2D eigenvalue weighted by Gasteiger charge is -2.19. The number of aromatic nitrogens is 6. The molecule has 11 heteroatoms. The molecule has 1 amide bonds. The first-order valence-corrected chi connectivity index (χ1v) is 12.0. The Kier molecular flexibility index (Phi) is 5.93. The molecule has 37 heavy (non-hydrogen) atoms. The summed E-state index contributed by atoms with van der Waals surface area (Å²) in [5.74, 6) is 1.08. The summed E-state index contributed by atoms with van der Waals surface area (Å²) in [6.07, 6.45) is 5.80. The molecule has 0 radical (unpaired) electrons. The van der Waals surface area contributed by atoms with E-state index in [9.17, 15) is 9.18 Å². The Morgan fingerprint density at radius 1 is 1.14 bits per heavy atom. The summed E-state index contributed by atoms with van der Waals surface area (Å²) in [5.41, 5.74) is 3.22.